The minimum absolute atomic E-state index is 0. The Bertz CT molecular complexity index is 109. The summed E-state index contributed by atoms with van der Waals surface area (Å²) in [4.78, 5) is 19.6. The standard InChI is InChI=1S/C5H8O4.Na/c6-4(7)2-1-3-5(8)9;/h1-3H2,(H,6,7)(H,8,9);. The second-order valence-corrected chi connectivity index (χ2v) is 1.64. The van der Waals surface area contributed by atoms with Gasteiger partial charge in [-0.25, -0.2) is 0 Å². The first-order valence-electron chi connectivity index (χ1n) is 2.56. The van der Waals surface area contributed by atoms with E-state index in [0.717, 1.165) is 0 Å². The zero-order chi connectivity index (χ0) is 7.28. The molecule has 0 bridgehead atoms. The van der Waals surface area contributed by atoms with Crippen LogP contribution in [-0.4, -0.2) is 51.7 Å². The average molecular weight is 155 g/mol. The van der Waals surface area contributed by atoms with Crippen molar-refractivity contribution in [3.05, 3.63) is 0 Å². The molecule has 0 atom stereocenters. The smallest absolute Gasteiger partial charge is 0.303 e. The molecule has 0 saturated heterocycles. The summed E-state index contributed by atoms with van der Waals surface area (Å²) in [5.74, 6) is -1.90. The Balaban J connectivity index is 0. The van der Waals surface area contributed by atoms with E-state index in [1.807, 2.05) is 0 Å². The van der Waals surface area contributed by atoms with Gasteiger partial charge in [-0.1, -0.05) is 0 Å². The quantitative estimate of drug-likeness (QED) is 0.558. The predicted octanol–water partition coefficient (Wildman–Crippen LogP) is -0.0549. The molecule has 0 fully saturated rings. The summed E-state index contributed by atoms with van der Waals surface area (Å²) in [5, 5.41) is 16.1. The van der Waals surface area contributed by atoms with Gasteiger partial charge >= 0.3 is 11.9 Å². The summed E-state index contributed by atoms with van der Waals surface area (Å²) in [6, 6.07) is 0. The van der Waals surface area contributed by atoms with Gasteiger partial charge in [-0.05, 0) is 6.42 Å². The van der Waals surface area contributed by atoms with Crippen LogP contribution in [0.1, 0.15) is 19.3 Å². The number of carbonyl (C=O) groups is 2. The summed E-state index contributed by atoms with van der Waals surface area (Å²) in [6.07, 6.45) is 0.0866. The van der Waals surface area contributed by atoms with E-state index in [0.29, 0.717) is 0 Å². The molecular formula is C5H8NaO4. The fourth-order valence-corrected chi connectivity index (χ4v) is 0.391. The molecular weight excluding hydrogens is 147 g/mol. The first-order valence-corrected chi connectivity index (χ1v) is 2.56. The van der Waals surface area contributed by atoms with Gasteiger partial charge < -0.3 is 10.2 Å². The van der Waals surface area contributed by atoms with E-state index < -0.39 is 11.9 Å². The number of hydrogen-bond donors (Lipinski definition) is 2. The predicted molar refractivity (Wildman–Crippen MR) is 34.9 cm³/mol. The van der Waals surface area contributed by atoms with E-state index in [1.54, 1.807) is 0 Å². The second-order valence-electron chi connectivity index (χ2n) is 1.64. The largest absolute Gasteiger partial charge is 0.481 e. The molecule has 1 radical (unpaired) electrons. The maximum Gasteiger partial charge on any atom is 0.303 e. The third-order valence-corrected chi connectivity index (χ3v) is 0.781. The Labute approximate surface area is 80.5 Å². The Morgan fingerprint density at radius 1 is 1.00 bits per heavy atom. The molecule has 0 heterocycles. The zero-order valence-electron chi connectivity index (χ0n) is 5.83. The zero-order valence-corrected chi connectivity index (χ0v) is 7.83. The molecule has 0 aliphatic heterocycles. The van der Waals surface area contributed by atoms with Gasteiger partial charge in [0.15, 0.2) is 0 Å². The van der Waals surface area contributed by atoms with Crippen LogP contribution in [0.25, 0.3) is 0 Å². The third-order valence-electron chi connectivity index (χ3n) is 0.781. The summed E-state index contributed by atoms with van der Waals surface area (Å²) in [7, 11) is 0. The van der Waals surface area contributed by atoms with Gasteiger partial charge in [-0.3, -0.25) is 9.59 Å². The van der Waals surface area contributed by atoms with Crippen LogP contribution in [0, 0.1) is 0 Å². The molecule has 53 valence electrons. The molecule has 0 amide bonds. The normalized spacial score (nSPS) is 8.00. The molecule has 2 N–H and O–H groups in total. The monoisotopic (exact) mass is 155 g/mol. The minimum Gasteiger partial charge on any atom is -0.481 e. The Morgan fingerprint density at radius 2 is 1.30 bits per heavy atom. The van der Waals surface area contributed by atoms with E-state index in [1.165, 1.54) is 0 Å². The van der Waals surface area contributed by atoms with E-state index in [9.17, 15) is 9.59 Å². The Kier molecular flexibility index (Phi) is 8.89. The van der Waals surface area contributed by atoms with E-state index >= 15 is 0 Å². The van der Waals surface area contributed by atoms with Gasteiger partial charge in [0.1, 0.15) is 0 Å². The SMILES string of the molecule is O=C(O)CCCC(=O)O.[Na]. The number of hydrogen-bond acceptors (Lipinski definition) is 2. The van der Waals surface area contributed by atoms with Crippen LogP contribution in [-0.2, 0) is 9.59 Å². The van der Waals surface area contributed by atoms with Crippen LogP contribution >= 0.6 is 0 Å². The summed E-state index contributed by atoms with van der Waals surface area (Å²) < 4.78 is 0. The van der Waals surface area contributed by atoms with Crippen molar-refractivity contribution in [3.63, 3.8) is 0 Å². The van der Waals surface area contributed by atoms with Crippen molar-refractivity contribution in [1.29, 1.82) is 0 Å². The van der Waals surface area contributed by atoms with Gasteiger partial charge in [0.2, 0.25) is 0 Å². The molecule has 10 heavy (non-hydrogen) atoms. The molecule has 0 aliphatic rings. The molecule has 5 heteroatoms. The average Bonchev–Trinajstić information content (AvgIpc) is 1.63. The van der Waals surface area contributed by atoms with Gasteiger partial charge in [0, 0.05) is 42.4 Å². The van der Waals surface area contributed by atoms with Gasteiger partial charge in [-0.2, -0.15) is 0 Å². The van der Waals surface area contributed by atoms with Crippen LogP contribution < -0.4 is 0 Å². The van der Waals surface area contributed by atoms with E-state index in [4.69, 9.17) is 10.2 Å². The maximum absolute atomic E-state index is 9.79. The van der Waals surface area contributed by atoms with Crippen molar-refractivity contribution in [2.45, 2.75) is 19.3 Å². The number of carboxylic acid groups (broad SMARTS) is 2. The molecule has 0 aromatic carbocycles. The first kappa shape index (κ1) is 12.6. The van der Waals surface area contributed by atoms with Crippen LogP contribution in [0.3, 0.4) is 0 Å². The second kappa shape index (κ2) is 7.05. The van der Waals surface area contributed by atoms with Crippen molar-refractivity contribution in [3.8, 4) is 0 Å². The first-order chi connectivity index (χ1) is 4.13. The summed E-state index contributed by atoms with van der Waals surface area (Å²) in [5.41, 5.74) is 0. The van der Waals surface area contributed by atoms with Gasteiger partial charge in [0.05, 0.1) is 0 Å². The van der Waals surface area contributed by atoms with Crippen LogP contribution in [0.4, 0.5) is 0 Å². The number of aliphatic carboxylic acids is 2. The molecule has 0 spiro atoms. The number of rotatable bonds is 4. The van der Waals surface area contributed by atoms with Crippen molar-refractivity contribution in [2.24, 2.45) is 0 Å². The molecule has 0 unspecified atom stereocenters. The molecule has 0 aromatic heterocycles. The van der Waals surface area contributed by atoms with Crippen molar-refractivity contribution in [2.75, 3.05) is 0 Å². The van der Waals surface area contributed by atoms with Gasteiger partial charge in [0.25, 0.3) is 0 Å². The third kappa shape index (κ3) is 10.8. The molecule has 0 saturated carbocycles. The Hall–Kier alpha value is -0.0600. The minimum atomic E-state index is -0.948. The molecule has 4 nitrogen and oxygen atoms in total. The summed E-state index contributed by atoms with van der Waals surface area (Å²) >= 11 is 0. The van der Waals surface area contributed by atoms with Crippen LogP contribution in [0.5, 0.6) is 0 Å². The van der Waals surface area contributed by atoms with Crippen molar-refractivity contribution < 1.29 is 19.8 Å². The molecule has 0 aliphatic carbocycles. The number of carboxylic acids is 2. The van der Waals surface area contributed by atoms with Gasteiger partial charge in [-0.15, -0.1) is 0 Å². The molecule has 0 rings (SSSR count). The van der Waals surface area contributed by atoms with Crippen LogP contribution in [0.2, 0.25) is 0 Å². The van der Waals surface area contributed by atoms with Crippen molar-refractivity contribution in [1.82, 2.24) is 0 Å². The Morgan fingerprint density at radius 3 is 1.50 bits per heavy atom. The van der Waals surface area contributed by atoms with E-state index in [2.05, 4.69) is 0 Å². The van der Waals surface area contributed by atoms with E-state index in [-0.39, 0.29) is 48.8 Å². The maximum atomic E-state index is 9.79. The fourth-order valence-electron chi connectivity index (χ4n) is 0.391. The van der Waals surface area contributed by atoms with Crippen LogP contribution in [0.15, 0.2) is 0 Å². The topological polar surface area (TPSA) is 74.6 Å². The summed E-state index contributed by atoms with van der Waals surface area (Å²) in [6.45, 7) is 0. The molecule has 0 aromatic rings. The fraction of sp³-hybridized carbons (Fsp3) is 0.600. The van der Waals surface area contributed by atoms with Crippen molar-refractivity contribution >= 4 is 41.5 Å².